The zero-order chi connectivity index (χ0) is 14.7. The van der Waals surface area contributed by atoms with Crippen LogP contribution in [-0.4, -0.2) is 23.2 Å². The molecule has 0 aliphatic carbocycles. The van der Waals surface area contributed by atoms with E-state index in [0.29, 0.717) is 6.42 Å². The van der Waals surface area contributed by atoms with Gasteiger partial charge in [0.2, 0.25) is 11.8 Å². The molecule has 4 nitrogen and oxygen atoms in total. The van der Waals surface area contributed by atoms with E-state index >= 15 is 0 Å². The van der Waals surface area contributed by atoms with E-state index in [-0.39, 0.29) is 22.6 Å². The van der Waals surface area contributed by atoms with E-state index in [0.717, 1.165) is 24.3 Å². The number of rotatable bonds is 4. The van der Waals surface area contributed by atoms with E-state index in [9.17, 15) is 9.59 Å². The zero-order valence-corrected chi connectivity index (χ0v) is 13.3. The fourth-order valence-corrected chi connectivity index (χ4v) is 2.27. The highest BCUT2D eigenvalue weighted by Crippen LogP contribution is 2.23. The molecule has 1 aliphatic heterocycles. The van der Waals surface area contributed by atoms with Crippen LogP contribution in [0.4, 0.5) is 11.4 Å². The van der Waals surface area contributed by atoms with Gasteiger partial charge in [0, 0.05) is 24.3 Å². The minimum Gasteiger partial charge on any atom is -0.325 e. The third kappa shape index (κ3) is 3.39. The number of nitrogens with one attached hydrogen (secondary N) is 1. The maximum absolute atomic E-state index is 11.9. The van der Waals surface area contributed by atoms with E-state index < -0.39 is 0 Å². The lowest BCUT2D eigenvalue weighted by atomic mass is 10.1. The van der Waals surface area contributed by atoms with Crippen LogP contribution in [0.1, 0.15) is 26.7 Å². The molecule has 1 aliphatic rings. The molecule has 20 heavy (non-hydrogen) atoms. The van der Waals surface area contributed by atoms with Crippen molar-refractivity contribution in [2.45, 2.75) is 31.5 Å². The second-order valence-corrected chi connectivity index (χ2v) is 6.32. The van der Waals surface area contributed by atoms with Gasteiger partial charge in [-0.2, -0.15) is 0 Å². The van der Waals surface area contributed by atoms with Crippen molar-refractivity contribution in [1.82, 2.24) is 0 Å². The Morgan fingerprint density at radius 1 is 1.30 bits per heavy atom. The van der Waals surface area contributed by atoms with Crippen molar-refractivity contribution in [3.05, 3.63) is 24.3 Å². The second-order valence-electron chi connectivity index (χ2n) is 5.33. The standard InChI is InChI=1S/C15H19BrN2O2/c1-10(2)14(16)15(20)17-11-5-7-12(8-6-11)18-9-3-4-13(18)19/h5-8,10,14H,3-4,9H2,1-2H3,(H,17,20). The Hall–Kier alpha value is -1.36. The summed E-state index contributed by atoms with van der Waals surface area (Å²) in [4.78, 5) is 25.2. The molecule has 1 unspecified atom stereocenters. The van der Waals surface area contributed by atoms with E-state index in [4.69, 9.17) is 0 Å². The molecule has 5 heteroatoms. The lowest BCUT2D eigenvalue weighted by Crippen LogP contribution is -2.27. The molecule has 1 atom stereocenters. The Bertz CT molecular complexity index is 499. The molecule has 2 rings (SSSR count). The molecule has 0 aromatic heterocycles. The van der Waals surface area contributed by atoms with Gasteiger partial charge in [0.05, 0.1) is 4.83 Å². The number of benzene rings is 1. The number of alkyl halides is 1. The number of anilines is 2. The van der Waals surface area contributed by atoms with Gasteiger partial charge < -0.3 is 10.2 Å². The van der Waals surface area contributed by atoms with Gasteiger partial charge in [0.15, 0.2) is 0 Å². The fraction of sp³-hybridized carbons (Fsp3) is 0.467. The number of carbonyl (C=O) groups excluding carboxylic acids is 2. The molecule has 1 heterocycles. The monoisotopic (exact) mass is 338 g/mol. The molecule has 2 amide bonds. The zero-order valence-electron chi connectivity index (χ0n) is 11.7. The van der Waals surface area contributed by atoms with Gasteiger partial charge in [-0.05, 0) is 36.6 Å². The van der Waals surface area contributed by atoms with Gasteiger partial charge in [-0.3, -0.25) is 9.59 Å². The highest BCUT2D eigenvalue weighted by molar-refractivity contribution is 9.10. The Morgan fingerprint density at radius 3 is 2.45 bits per heavy atom. The van der Waals surface area contributed by atoms with Crippen LogP contribution in [0.5, 0.6) is 0 Å². The van der Waals surface area contributed by atoms with Crippen LogP contribution in [0.2, 0.25) is 0 Å². The van der Waals surface area contributed by atoms with Crippen LogP contribution in [0.3, 0.4) is 0 Å². The Morgan fingerprint density at radius 2 is 1.95 bits per heavy atom. The first kappa shape index (κ1) is 15.0. The average Bonchev–Trinajstić information content (AvgIpc) is 2.85. The topological polar surface area (TPSA) is 49.4 Å². The van der Waals surface area contributed by atoms with Crippen molar-refractivity contribution in [1.29, 1.82) is 0 Å². The summed E-state index contributed by atoms with van der Waals surface area (Å²) in [5.74, 6) is 0.351. The number of hydrogen-bond donors (Lipinski definition) is 1. The number of hydrogen-bond acceptors (Lipinski definition) is 2. The molecule has 0 bridgehead atoms. The van der Waals surface area contributed by atoms with Crippen LogP contribution in [0, 0.1) is 5.92 Å². The molecule has 1 aromatic carbocycles. The molecule has 0 radical (unpaired) electrons. The predicted molar refractivity (Wildman–Crippen MR) is 84.2 cm³/mol. The van der Waals surface area contributed by atoms with Gasteiger partial charge in [0.1, 0.15) is 0 Å². The number of halogens is 1. The van der Waals surface area contributed by atoms with Crippen molar-refractivity contribution < 1.29 is 9.59 Å². The maximum atomic E-state index is 11.9. The summed E-state index contributed by atoms with van der Waals surface area (Å²) in [6.07, 6.45) is 1.54. The smallest absolute Gasteiger partial charge is 0.238 e. The molecule has 108 valence electrons. The minimum absolute atomic E-state index is 0.0509. The van der Waals surface area contributed by atoms with Crippen molar-refractivity contribution in [3.63, 3.8) is 0 Å². The number of carbonyl (C=O) groups is 2. The fourth-order valence-electron chi connectivity index (χ4n) is 2.16. The normalized spacial score (nSPS) is 16.6. The summed E-state index contributed by atoms with van der Waals surface area (Å²) in [6, 6.07) is 7.41. The van der Waals surface area contributed by atoms with Crippen LogP contribution in [0.15, 0.2) is 24.3 Å². The quantitative estimate of drug-likeness (QED) is 0.857. The summed E-state index contributed by atoms with van der Waals surface area (Å²) in [7, 11) is 0. The van der Waals surface area contributed by atoms with Crippen LogP contribution < -0.4 is 10.2 Å². The van der Waals surface area contributed by atoms with E-state index in [1.165, 1.54) is 0 Å². The van der Waals surface area contributed by atoms with Crippen molar-refractivity contribution in [2.24, 2.45) is 5.92 Å². The predicted octanol–water partition coefficient (Wildman–Crippen LogP) is 3.17. The van der Waals surface area contributed by atoms with Crippen molar-refractivity contribution in [3.8, 4) is 0 Å². The van der Waals surface area contributed by atoms with E-state index in [1.807, 2.05) is 38.1 Å². The van der Waals surface area contributed by atoms with Gasteiger partial charge in [-0.15, -0.1) is 0 Å². The Balaban J connectivity index is 2.01. The van der Waals surface area contributed by atoms with Crippen LogP contribution in [0.25, 0.3) is 0 Å². The largest absolute Gasteiger partial charge is 0.325 e. The first-order chi connectivity index (χ1) is 9.49. The minimum atomic E-state index is -0.206. The highest BCUT2D eigenvalue weighted by atomic mass is 79.9. The lowest BCUT2D eigenvalue weighted by molar-refractivity contribution is -0.117. The third-order valence-electron chi connectivity index (χ3n) is 3.36. The molecule has 0 saturated carbocycles. The summed E-state index contributed by atoms with van der Waals surface area (Å²) >= 11 is 3.38. The second kappa shape index (κ2) is 6.39. The number of nitrogens with zero attached hydrogens (tertiary/aromatic N) is 1. The Labute approximate surface area is 127 Å². The van der Waals surface area contributed by atoms with Gasteiger partial charge in [-0.1, -0.05) is 29.8 Å². The lowest BCUT2D eigenvalue weighted by Gasteiger charge is -2.17. The summed E-state index contributed by atoms with van der Waals surface area (Å²) < 4.78 is 0. The SMILES string of the molecule is CC(C)C(Br)C(=O)Nc1ccc(N2CCCC2=O)cc1. The van der Waals surface area contributed by atoms with Gasteiger partial charge in [-0.25, -0.2) is 0 Å². The summed E-state index contributed by atoms with van der Waals surface area (Å²) in [5.41, 5.74) is 1.64. The first-order valence-corrected chi connectivity index (χ1v) is 7.76. The third-order valence-corrected chi connectivity index (χ3v) is 4.83. The maximum Gasteiger partial charge on any atom is 0.238 e. The molecular weight excluding hydrogens is 320 g/mol. The van der Waals surface area contributed by atoms with Crippen LogP contribution in [-0.2, 0) is 9.59 Å². The number of amides is 2. The molecule has 1 saturated heterocycles. The molecule has 1 fully saturated rings. The van der Waals surface area contributed by atoms with Crippen molar-refractivity contribution in [2.75, 3.05) is 16.8 Å². The van der Waals surface area contributed by atoms with Crippen molar-refractivity contribution >= 4 is 39.1 Å². The first-order valence-electron chi connectivity index (χ1n) is 6.84. The summed E-state index contributed by atoms with van der Waals surface area (Å²) in [6.45, 7) is 4.75. The molecular formula is C15H19BrN2O2. The molecule has 1 aromatic rings. The van der Waals surface area contributed by atoms with E-state index in [1.54, 1.807) is 4.90 Å². The van der Waals surface area contributed by atoms with Crippen LogP contribution >= 0.6 is 15.9 Å². The summed E-state index contributed by atoms with van der Waals surface area (Å²) in [5, 5.41) is 2.86. The highest BCUT2D eigenvalue weighted by Gasteiger charge is 2.22. The van der Waals surface area contributed by atoms with E-state index in [2.05, 4.69) is 21.2 Å². The Kier molecular flexibility index (Phi) is 4.81. The average molecular weight is 339 g/mol. The van der Waals surface area contributed by atoms with Gasteiger partial charge >= 0.3 is 0 Å². The van der Waals surface area contributed by atoms with Gasteiger partial charge in [0.25, 0.3) is 0 Å². The molecule has 0 spiro atoms. The molecule has 1 N–H and O–H groups in total.